The minimum atomic E-state index is -0.666. The van der Waals surface area contributed by atoms with Crippen LogP contribution in [0, 0.1) is 5.92 Å². The largest absolute Gasteiger partial charge is 0.389 e. The topological polar surface area (TPSA) is 53.0 Å². The molecule has 1 N–H and O–H groups in total. The molecule has 110 valence electrons. The number of nitrogens with zero attached hydrogens (tertiary/aromatic N) is 2. The SMILES string of the molecule is CC1CC(C(=O)N2CCN(CC(C)(C)O)CC2)CO1. The van der Waals surface area contributed by atoms with Crippen LogP contribution in [0.2, 0.25) is 0 Å². The smallest absolute Gasteiger partial charge is 0.228 e. The molecule has 2 saturated heterocycles. The molecule has 0 aliphatic carbocycles. The molecule has 19 heavy (non-hydrogen) atoms. The molecule has 2 rings (SSSR count). The highest BCUT2D eigenvalue weighted by Crippen LogP contribution is 2.22. The Kier molecular flexibility index (Phi) is 4.48. The minimum absolute atomic E-state index is 0.0517. The summed E-state index contributed by atoms with van der Waals surface area (Å²) >= 11 is 0. The minimum Gasteiger partial charge on any atom is -0.389 e. The van der Waals surface area contributed by atoms with Gasteiger partial charge >= 0.3 is 0 Å². The van der Waals surface area contributed by atoms with Gasteiger partial charge in [-0.25, -0.2) is 0 Å². The van der Waals surface area contributed by atoms with Crippen molar-refractivity contribution in [1.82, 2.24) is 9.80 Å². The molecule has 5 nitrogen and oxygen atoms in total. The van der Waals surface area contributed by atoms with E-state index in [2.05, 4.69) is 4.90 Å². The van der Waals surface area contributed by atoms with E-state index in [0.29, 0.717) is 13.2 Å². The van der Waals surface area contributed by atoms with Crippen molar-refractivity contribution in [3.63, 3.8) is 0 Å². The van der Waals surface area contributed by atoms with Gasteiger partial charge in [0, 0.05) is 32.7 Å². The second kappa shape index (κ2) is 5.77. The van der Waals surface area contributed by atoms with Crippen molar-refractivity contribution in [2.24, 2.45) is 5.92 Å². The van der Waals surface area contributed by atoms with Crippen molar-refractivity contribution in [1.29, 1.82) is 0 Å². The summed E-state index contributed by atoms with van der Waals surface area (Å²) in [5.74, 6) is 0.295. The second-order valence-corrected chi connectivity index (χ2v) is 6.49. The first kappa shape index (κ1) is 14.8. The summed E-state index contributed by atoms with van der Waals surface area (Å²) < 4.78 is 5.47. The predicted molar refractivity (Wildman–Crippen MR) is 72.8 cm³/mol. The fraction of sp³-hybridized carbons (Fsp3) is 0.929. The molecule has 0 aromatic carbocycles. The number of ether oxygens (including phenoxy) is 1. The van der Waals surface area contributed by atoms with Gasteiger partial charge in [-0.1, -0.05) is 0 Å². The maximum atomic E-state index is 12.3. The number of hydrogen-bond donors (Lipinski definition) is 1. The molecule has 2 heterocycles. The van der Waals surface area contributed by atoms with Crippen molar-refractivity contribution < 1.29 is 14.6 Å². The van der Waals surface area contributed by atoms with Gasteiger partial charge in [-0.05, 0) is 27.2 Å². The Labute approximate surface area is 115 Å². The number of amides is 1. The van der Waals surface area contributed by atoms with Crippen molar-refractivity contribution >= 4 is 5.91 Å². The molecule has 2 aliphatic rings. The van der Waals surface area contributed by atoms with Gasteiger partial charge in [-0.3, -0.25) is 9.69 Å². The van der Waals surface area contributed by atoms with Crippen LogP contribution in [0.15, 0.2) is 0 Å². The summed E-state index contributed by atoms with van der Waals surface area (Å²) in [7, 11) is 0. The van der Waals surface area contributed by atoms with Crippen molar-refractivity contribution in [2.75, 3.05) is 39.3 Å². The van der Waals surface area contributed by atoms with Gasteiger partial charge in [0.2, 0.25) is 5.91 Å². The fourth-order valence-corrected chi connectivity index (χ4v) is 2.92. The van der Waals surface area contributed by atoms with Crippen LogP contribution in [0.25, 0.3) is 0 Å². The first-order valence-electron chi connectivity index (χ1n) is 7.20. The third-order valence-electron chi connectivity index (χ3n) is 3.84. The number of carbonyl (C=O) groups excluding carboxylic acids is 1. The van der Waals surface area contributed by atoms with Gasteiger partial charge in [0.05, 0.1) is 24.2 Å². The van der Waals surface area contributed by atoms with Crippen molar-refractivity contribution in [2.45, 2.75) is 38.9 Å². The van der Waals surface area contributed by atoms with E-state index >= 15 is 0 Å². The zero-order valence-corrected chi connectivity index (χ0v) is 12.3. The van der Waals surface area contributed by atoms with Gasteiger partial charge < -0.3 is 14.7 Å². The third-order valence-corrected chi connectivity index (χ3v) is 3.84. The summed E-state index contributed by atoms with van der Waals surface area (Å²) in [5.41, 5.74) is -0.666. The normalized spacial score (nSPS) is 29.8. The van der Waals surface area contributed by atoms with Crippen LogP contribution in [-0.2, 0) is 9.53 Å². The van der Waals surface area contributed by atoms with E-state index < -0.39 is 5.60 Å². The maximum absolute atomic E-state index is 12.3. The molecule has 1 amide bonds. The average Bonchev–Trinajstić information content (AvgIpc) is 2.74. The molecule has 2 atom stereocenters. The number of β-amino-alcohol motifs (C(OH)–C–C–N with tert-alkyl or cyclic N) is 1. The molecule has 0 aromatic heterocycles. The molecule has 0 spiro atoms. The van der Waals surface area contributed by atoms with Crippen LogP contribution in [0.5, 0.6) is 0 Å². The van der Waals surface area contributed by atoms with Crippen LogP contribution in [0.3, 0.4) is 0 Å². The third kappa shape index (κ3) is 4.16. The first-order chi connectivity index (χ1) is 8.85. The van der Waals surface area contributed by atoms with E-state index in [1.54, 1.807) is 0 Å². The highest BCUT2D eigenvalue weighted by atomic mass is 16.5. The van der Waals surface area contributed by atoms with Crippen molar-refractivity contribution in [3.05, 3.63) is 0 Å². The quantitative estimate of drug-likeness (QED) is 0.803. The zero-order valence-electron chi connectivity index (χ0n) is 12.3. The number of rotatable bonds is 3. The molecular formula is C14H26N2O3. The molecule has 0 saturated carbocycles. The van der Waals surface area contributed by atoms with Crippen LogP contribution in [0.4, 0.5) is 0 Å². The molecule has 0 radical (unpaired) electrons. The lowest BCUT2D eigenvalue weighted by molar-refractivity contribution is -0.137. The zero-order chi connectivity index (χ0) is 14.0. The number of hydrogen-bond acceptors (Lipinski definition) is 4. The fourth-order valence-electron chi connectivity index (χ4n) is 2.92. The summed E-state index contributed by atoms with van der Waals surface area (Å²) in [5, 5.41) is 9.81. The lowest BCUT2D eigenvalue weighted by atomic mass is 10.0. The first-order valence-corrected chi connectivity index (χ1v) is 7.20. The Bertz CT molecular complexity index is 319. The summed E-state index contributed by atoms with van der Waals surface area (Å²) in [4.78, 5) is 16.5. The highest BCUT2D eigenvalue weighted by molar-refractivity contribution is 5.79. The van der Waals surface area contributed by atoms with E-state index in [1.807, 2.05) is 25.7 Å². The summed E-state index contributed by atoms with van der Waals surface area (Å²) in [6, 6.07) is 0. The molecule has 2 aliphatic heterocycles. The van der Waals surface area contributed by atoms with E-state index in [-0.39, 0.29) is 17.9 Å². The lowest BCUT2D eigenvalue weighted by Crippen LogP contribution is -2.53. The predicted octanol–water partition coefficient (Wildman–Crippen LogP) is 0.327. The standard InChI is InChI=1S/C14H26N2O3/c1-11-8-12(9-19-11)13(17)16-6-4-15(5-7-16)10-14(2,3)18/h11-12,18H,4-10H2,1-3H3. The number of carbonyl (C=O) groups is 1. The molecule has 2 unspecified atom stereocenters. The molecule has 2 fully saturated rings. The lowest BCUT2D eigenvalue weighted by Gasteiger charge is -2.38. The number of piperazine rings is 1. The average molecular weight is 270 g/mol. The molecule has 0 bridgehead atoms. The number of aliphatic hydroxyl groups is 1. The Morgan fingerprint density at radius 3 is 2.42 bits per heavy atom. The summed E-state index contributed by atoms with van der Waals surface area (Å²) in [6.07, 6.45) is 1.06. The Hall–Kier alpha value is -0.650. The van der Waals surface area contributed by atoms with Crippen LogP contribution in [-0.4, -0.2) is 71.8 Å². The van der Waals surface area contributed by atoms with E-state index in [4.69, 9.17) is 4.74 Å². The van der Waals surface area contributed by atoms with E-state index in [9.17, 15) is 9.90 Å². The van der Waals surface area contributed by atoms with Crippen LogP contribution >= 0.6 is 0 Å². The van der Waals surface area contributed by atoms with Gasteiger partial charge in [0.25, 0.3) is 0 Å². The molecule has 0 aromatic rings. The Morgan fingerprint density at radius 2 is 1.95 bits per heavy atom. The Balaban J connectivity index is 1.78. The monoisotopic (exact) mass is 270 g/mol. The van der Waals surface area contributed by atoms with Crippen molar-refractivity contribution in [3.8, 4) is 0 Å². The van der Waals surface area contributed by atoms with E-state index in [0.717, 1.165) is 32.6 Å². The van der Waals surface area contributed by atoms with Gasteiger partial charge in [0.15, 0.2) is 0 Å². The van der Waals surface area contributed by atoms with Gasteiger partial charge in [-0.2, -0.15) is 0 Å². The highest BCUT2D eigenvalue weighted by Gasteiger charge is 2.33. The maximum Gasteiger partial charge on any atom is 0.228 e. The van der Waals surface area contributed by atoms with Gasteiger partial charge in [-0.15, -0.1) is 0 Å². The van der Waals surface area contributed by atoms with Gasteiger partial charge in [0.1, 0.15) is 0 Å². The summed E-state index contributed by atoms with van der Waals surface area (Å²) in [6.45, 7) is 10.1. The van der Waals surface area contributed by atoms with E-state index in [1.165, 1.54) is 0 Å². The second-order valence-electron chi connectivity index (χ2n) is 6.49. The van der Waals surface area contributed by atoms with Crippen LogP contribution < -0.4 is 0 Å². The van der Waals surface area contributed by atoms with Crippen LogP contribution in [0.1, 0.15) is 27.2 Å². The molecule has 5 heteroatoms. The Morgan fingerprint density at radius 1 is 1.32 bits per heavy atom. The molecular weight excluding hydrogens is 244 g/mol.